The maximum absolute atomic E-state index is 12.4. The SMILES string of the molecule is Nc1cccc(C(=O)N2CC3CCCC3C2)c1Cl. The zero-order valence-electron chi connectivity index (χ0n) is 10.2. The maximum atomic E-state index is 12.4. The summed E-state index contributed by atoms with van der Waals surface area (Å²) >= 11 is 6.11. The summed E-state index contributed by atoms with van der Waals surface area (Å²) in [6, 6.07) is 5.26. The molecule has 2 atom stereocenters. The van der Waals surface area contributed by atoms with Crippen LogP contribution in [0.15, 0.2) is 18.2 Å². The summed E-state index contributed by atoms with van der Waals surface area (Å²) in [7, 11) is 0. The van der Waals surface area contributed by atoms with Gasteiger partial charge in [0.2, 0.25) is 0 Å². The Balaban J connectivity index is 1.81. The van der Waals surface area contributed by atoms with Gasteiger partial charge in [0.1, 0.15) is 0 Å². The van der Waals surface area contributed by atoms with E-state index < -0.39 is 0 Å². The average Bonchev–Trinajstić information content (AvgIpc) is 2.92. The molecule has 3 rings (SSSR count). The predicted molar refractivity (Wildman–Crippen MR) is 72.6 cm³/mol. The summed E-state index contributed by atoms with van der Waals surface area (Å²) in [6.45, 7) is 1.77. The highest BCUT2D eigenvalue weighted by molar-refractivity contribution is 6.36. The lowest BCUT2D eigenvalue weighted by Gasteiger charge is -2.18. The Hall–Kier alpha value is -1.22. The van der Waals surface area contributed by atoms with Crippen molar-refractivity contribution in [2.75, 3.05) is 18.8 Å². The van der Waals surface area contributed by atoms with Gasteiger partial charge in [0.15, 0.2) is 0 Å². The van der Waals surface area contributed by atoms with E-state index in [-0.39, 0.29) is 5.91 Å². The van der Waals surface area contributed by atoms with E-state index in [9.17, 15) is 4.79 Å². The zero-order valence-corrected chi connectivity index (χ0v) is 11.0. The highest BCUT2D eigenvalue weighted by Gasteiger charge is 2.38. The average molecular weight is 265 g/mol. The molecule has 2 aliphatic rings. The smallest absolute Gasteiger partial charge is 0.255 e. The molecule has 1 aliphatic heterocycles. The normalized spacial score (nSPS) is 26.4. The Morgan fingerprint density at radius 3 is 2.61 bits per heavy atom. The van der Waals surface area contributed by atoms with Crippen molar-refractivity contribution in [2.24, 2.45) is 11.8 Å². The van der Waals surface area contributed by atoms with Crippen molar-refractivity contribution in [3.05, 3.63) is 28.8 Å². The van der Waals surface area contributed by atoms with Gasteiger partial charge in [0, 0.05) is 13.1 Å². The molecule has 1 heterocycles. The number of hydrogen-bond donors (Lipinski definition) is 1. The van der Waals surface area contributed by atoms with Crippen molar-refractivity contribution < 1.29 is 4.79 Å². The Bertz CT molecular complexity index is 477. The van der Waals surface area contributed by atoms with Crippen LogP contribution in [0.1, 0.15) is 29.6 Å². The molecule has 0 aromatic heterocycles. The Morgan fingerprint density at radius 2 is 1.94 bits per heavy atom. The Labute approximate surface area is 112 Å². The summed E-state index contributed by atoms with van der Waals surface area (Å²) in [5.74, 6) is 1.43. The molecule has 3 nitrogen and oxygen atoms in total. The molecule has 1 aromatic carbocycles. The minimum absolute atomic E-state index is 0.0294. The third kappa shape index (κ3) is 1.87. The van der Waals surface area contributed by atoms with Gasteiger partial charge in [-0.2, -0.15) is 0 Å². The second-order valence-corrected chi connectivity index (χ2v) is 5.75. The largest absolute Gasteiger partial charge is 0.398 e. The number of carbonyl (C=O) groups excluding carboxylic acids is 1. The first-order valence-corrected chi connectivity index (χ1v) is 6.88. The summed E-state index contributed by atoms with van der Waals surface area (Å²) in [4.78, 5) is 14.4. The first-order chi connectivity index (χ1) is 8.66. The predicted octanol–water partition coefficient (Wildman–Crippen LogP) is 2.79. The lowest BCUT2D eigenvalue weighted by molar-refractivity contribution is 0.0781. The topological polar surface area (TPSA) is 46.3 Å². The lowest BCUT2D eigenvalue weighted by atomic mass is 10.0. The highest BCUT2D eigenvalue weighted by Crippen LogP contribution is 2.38. The van der Waals surface area contributed by atoms with E-state index in [1.807, 2.05) is 4.90 Å². The minimum atomic E-state index is 0.0294. The van der Waals surface area contributed by atoms with Crippen LogP contribution in [0.2, 0.25) is 5.02 Å². The van der Waals surface area contributed by atoms with Gasteiger partial charge < -0.3 is 10.6 Å². The van der Waals surface area contributed by atoms with Crippen molar-refractivity contribution in [3.8, 4) is 0 Å². The molecule has 96 valence electrons. The van der Waals surface area contributed by atoms with Crippen LogP contribution in [0.4, 0.5) is 5.69 Å². The number of amides is 1. The molecular formula is C14H17ClN2O. The molecule has 1 saturated heterocycles. The second-order valence-electron chi connectivity index (χ2n) is 5.37. The first kappa shape index (κ1) is 11.8. The number of rotatable bonds is 1. The molecule has 0 bridgehead atoms. The molecule has 2 N–H and O–H groups in total. The van der Waals surface area contributed by atoms with Crippen LogP contribution in [0.5, 0.6) is 0 Å². The fraction of sp³-hybridized carbons (Fsp3) is 0.500. The van der Waals surface area contributed by atoms with Gasteiger partial charge in [-0.05, 0) is 36.8 Å². The van der Waals surface area contributed by atoms with Gasteiger partial charge in [-0.1, -0.05) is 24.1 Å². The van der Waals surface area contributed by atoms with E-state index in [0.29, 0.717) is 28.1 Å². The molecule has 1 aliphatic carbocycles. The standard InChI is InChI=1S/C14H17ClN2O/c15-13-11(5-2-6-12(13)16)14(18)17-7-9-3-1-4-10(9)8-17/h2,5-6,9-10H,1,3-4,7-8,16H2. The van der Waals surface area contributed by atoms with Crippen LogP contribution >= 0.6 is 11.6 Å². The zero-order chi connectivity index (χ0) is 12.7. The van der Waals surface area contributed by atoms with Gasteiger partial charge in [0.05, 0.1) is 16.3 Å². The summed E-state index contributed by atoms with van der Waals surface area (Å²) in [5, 5.41) is 0.388. The number of fused-ring (bicyclic) bond motifs is 1. The van der Waals surface area contributed by atoms with E-state index in [1.54, 1.807) is 18.2 Å². The van der Waals surface area contributed by atoms with Crippen molar-refractivity contribution in [1.29, 1.82) is 0 Å². The molecule has 18 heavy (non-hydrogen) atoms. The summed E-state index contributed by atoms with van der Waals surface area (Å²) in [5.41, 5.74) is 6.76. The highest BCUT2D eigenvalue weighted by atomic mass is 35.5. The second kappa shape index (κ2) is 4.47. The number of halogens is 1. The van der Waals surface area contributed by atoms with E-state index in [1.165, 1.54) is 19.3 Å². The molecular weight excluding hydrogens is 248 g/mol. The third-order valence-corrected chi connectivity index (χ3v) is 4.69. The molecule has 0 spiro atoms. The molecule has 1 saturated carbocycles. The fourth-order valence-electron chi connectivity index (χ4n) is 3.29. The van der Waals surface area contributed by atoms with E-state index in [4.69, 9.17) is 17.3 Å². The maximum Gasteiger partial charge on any atom is 0.255 e. The minimum Gasteiger partial charge on any atom is -0.398 e. The van der Waals surface area contributed by atoms with E-state index in [0.717, 1.165) is 13.1 Å². The van der Waals surface area contributed by atoms with Crippen LogP contribution < -0.4 is 5.73 Å². The number of carbonyl (C=O) groups is 1. The number of nitrogen functional groups attached to an aromatic ring is 1. The molecule has 0 radical (unpaired) electrons. The number of nitrogens with zero attached hydrogens (tertiary/aromatic N) is 1. The fourth-order valence-corrected chi connectivity index (χ4v) is 3.49. The van der Waals surface area contributed by atoms with Crippen molar-refractivity contribution in [2.45, 2.75) is 19.3 Å². The number of nitrogens with two attached hydrogens (primary N) is 1. The number of benzene rings is 1. The van der Waals surface area contributed by atoms with Crippen molar-refractivity contribution in [3.63, 3.8) is 0 Å². The Morgan fingerprint density at radius 1 is 1.28 bits per heavy atom. The van der Waals surface area contributed by atoms with Gasteiger partial charge in [-0.3, -0.25) is 4.79 Å². The van der Waals surface area contributed by atoms with Gasteiger partial charge in [-0.25, -0.2) is 0 Å². The summed E-state index contributed by atoms with van der Waals surface area (Å²) < 4.78 is 0. The molecule has 1 aromatic rings. The molecule has 2 fully saturated rings. The van der Waals surface area contributed by atoms with E-state index >= 15 is 0 Å². The van der Waals surface area contributed by atoms with Crippen LogP contribution in [0.3, 0.4) is 0 Å². The molecule has 1 amide bonds. The molecule has 2 unspecified atom stereocenters. The molecule has 4 heteroatoms. The van der Waals surface area contributed by atoms with Crippen molar-refractivity contribution >= 4 is 23.2 Å². The number of likely N-dealkylation sites (tertiary alicyclic amines) is 1. The quantitative estimate of drug-likeness (QED) is 0.793. The van der Waals surface area contributed by atoms with Crippen LogP contribution in [0.25, 0.3) is 0 Å². The number of hydrogen-bond acceptors (Lipinski definition) is 2. The van der Waals surface area contributed by atoms with Gasteiger partial charge in [-0.15, -0.1) is 0 Å². The van der Waals surface area contributed by atoms with Crippen LogP contribution in [-0.2, 0) is 0 Å². The van der Waals surface area contributed by atoms with Crippen LogP contribution in [0, 0.1) is 11.8 Å². The third-order valence-electron chi connectivity index (χ3n) is 4.27. The lowest BCUT2D eigenvalue weighted by Crippen LogP contribution is -2.29. The van der Waals surface area contributed by atoms with Gasteiger partial charge in [0.25, 0.3) is 5.91 Å². The number of anilines is 1. The monoisotopic (exact) mass is 264 g/mol. The van der Waals surface area contributed by atoms with Crippen LogP contribution in [-0.4, -0.2) is 23.9 Å². The van der Waals surface area contributed by atoms with E-state index in [2.05, 4.69) is 0 Å². The Kier molecular flexibility index (Phi) is 2.94. The van der Waals surface area contributed by atoms with Gasteiger partial charge >= 0.3 is 0 Å². The van der Waals surface area contributed by atoms with Crippen molar-refractivity contribution in [1.82, 2.24) is 4.90 Å². The summed E-state index contributed by atoms with van der Waals surface area (Å²) in [6.07, 6.45) is 3.84. The first-order valence-electron chi connectivity index (χ1n) is 6.50.